The number of halogens is 2. The Kier molecular flexibility index (Phi) is 4.82. The number of carbonyl (C=O) groups excluding carboxylic acids is 2. The van der Waals surface area contributed by atoms with Gasteiger partial charge < -0.3 is 15.1 Å². The summed E-state index contributed by atoms with van der Waals surface area (Å²) < 4.78 is 26.6. The lowest BCUT2D eigenvalue weighted by atomic mass is 10.2. The van der Waals surface area contributed by atoms with Gasteiger partial charge in [0.1, 0.15) is 17.3 Å². The zero-order chi connectivity index (χ0) is 17.8. The highest BCUT2D eigenvalue weighted by Gasteiger charge is 2.19. The van der Waals surface area contributed by atoms with E-state index in [0.717, 1.165) is 18.5 Å². The number of nitrogens with zero attached hydrogens (tertiary/aromatic N) is 4. The fourth-order valence-corrected chi connectivity index (χ4v) is 2.43. The first-order chi connectivity index (χ1) is 12.1. The Morgan fingerprint density at radius 2 is 1.92 bits per heavy atom. The predicted molar refractivity (Wildman–Crippen MR) is 86.2 cm³/mol. The summed E-state index contributed by atoms with van der Waals surface area (Å²) in [6.07, 6.45) is 2.23. The van der Waals surface area contributed by atoms with E-state index in [1.54, 1.807) is 4.90 Å². The number of piperazine rings is 1. The van der Waals surface area contributed by atoms with Gasteiger partial charge in [-0.3, -0.25) is 9.59 Å². The topological polar surface area (TPSA) is 78.4 Å². The van der Waals surface area contributed by atoms with Crippen LogP contribution in [0.2, 0.25) is 0 Å². The molecule has 0 spiro atoms. The molecule has 2 aromatic rings. The number of hydrogen-bond donors (Lipinski definition) is 1. The summed E-state index contributed by atoms with van der Waals surface area (Å²) in [5, 5.41) is 2.36. The van der Waals surface area contributed by atoms with Crippen molar-refractivity contribution in [3.63, 3.8) is 0 Å². The number of hydrogen-bond acceptors (Lipinski definition) is 5. The van der Waals surface area contributed by atoms with E-state index < -0.39 is 17.5 Å². The van der Waals surface area contributed by atoms with Gasteiger partial charge in [0.15, 0.2) is 0 Å². The number of rotatable bonds is 4. The third-order valence-corrected chi connectivity index (χ3v) is 3.80. The molecule has 0 saturated carbocycles. The molecule has 1 aromatic heterocycles. The first kappa shape index (κ1) is 16.7. The van der Waals surface area contributed by atoms with Gasteiger partial charge >= 0.3 is 0 Å². The Morgan fingerprint density at radius 1 is 1.16 bits per heavy atom. The van der Waals surface area contributed by atoms with Crippen LogP contribution in [-0.2, 0) is 4.79 Å². The van der Waals surface area contributed by atoms with E-state index in [1.165, 1.54) is 12.3 Å². The minimum Gasteiger partial charge on any atom is -0.342 e. The minimum atomic E-state index is -0.868. The van der Waals surface area contributed by atoms with Crippen LogP contribution in [0.25, 0.3) is 0 Å². The van der Waals surface area contributed by atoms with Crippen molar-refractivity contribution in [2.75, 3.05) is 36.4 Å². The van der Waals surface area contributed by atoms with E-state index >= 15 is 0 Å². The van der Waals surface area contributed by atoms with E-state index in [0.29, 0.717) is 38.2 Å². The van der Waals surface area contributed by atoms with Gasteiger partial charge in [-0.15, -0.1) is 0 Å². The molecule has 7 nitrogen and oxygen atoms in total. The number of benzene rings is 1. The quantitative estimate of drug-likeness (QED) is 0.843. The Labute approximate surface area is 142 Å². The van der Waals surface area contributed by atoms with E-state index in [9.17, 15) is 18.4 Å². The molecule has 0 atom stereocenters. The Morgan fingerprint density at radius 3 is 2.60 bits per heavy atom. The van der Waals surface area contributed by atoms with Gasteiger partial charge in [-0.05, 0) is 18.2 Å². The minimum absolute atomic E-state index is 0.0616. The molecule has 0 radical (unpaired) electrons. The smallest absolute Gasteiger partial charge is 0.274 e. The average molecular weight is 347 g/mol. The van der Waals surface area contributed by atoms with Crippen LogP contribution in [0.5, 0.6) is 0 Å². The van der Waals surface area contributed by atoms with Crippen molar-refractivity contribution in [2.24, 2.45) is 0 Å². The molecule has 3 rings (SSSR count). The van der Waals surface area contributed by atoms with Crippen LogP contribution >= 0.6 is 0 Å². The van der Waals surface area contributed by atoms with Crippen molar-refractivity contribution in [3.8, 4) is 0 Å². The third-order valence-electron chi connectivity index (χ3n) is 3.80. The largest absolute Gasteiger partial charge is 0.342 e. The van der Waals surface area contributed by atoms with Crippen molar-refractivity contribution >= 4 is 24.0 Å². The lowest BCUT2D eigenvalue weighted by Gasteiger charge is -2.32. The van der Waals surface area contributed by atoms with E-state index in [-0.39, 0.29) is 11.4 Å². The summed E-state index contributed by atoms with van der Waals surface area (Å²) in [6.45, 7) is 2.20. The number of nitrogens with one attached hydrogen (secondary N) is 1. The molecule has 1 N–H and O–H groups in total. The van der Waals surface area contributed by atoms with Crippen LogP contribution in [0.15, 0.2) is 30.5 Å². The molecule has 0 unspecified atom stereocenters. The molecule has 9 heteroatoms. The number of aromatic nitrogens is 2. The highest BCUT2D eigenvalue weighted by Crippen LogP contribution is 2.16. The summed E-state index contributed by atoms with van der Waals surface area (Å²) in [5.74, 6) is -1.86. The van der Waals surface area contributed by atoms with Gasteiger partial charge in [0.2, 0.25) is 12.4 Å². The lowest BCUT2D eigenvalue weighted by Crippen LogP contribution is -2.46. The highest BCUT2D eigenvalue weighted by atomic mass is 19.1. The molecule has 1 aliphatic heterocycles. The van der Waals surface area contributed by atoms with Crippen molar-refractivity contribution in [1.82, 2.24) is 14.9 Å². The van der Waals surface area contributed by atoms with E-state index in [4.69, 9.17) is 0 Å². The van der Waals surface area contributed by atoms with E-state index in [1.807, 2.05) is 4.90 Å². The monoisotopic (exact) mass is 347 g/mol. The number of carbonyl (C=O) groups is 2. The van der Waals surface area contributed by atoms with Crippen molar-refractivity contribution in [1.29, 1.82) is 0 Å². The van der Waals surface area contributed by atoms with Crippen molar-refractivity contribution in [2.45, 2.75) is 0 Å². The van der Waals surface area contributed by atoms with Gasteiger partial charge in [0.05, 0.1) is 5.69 Å². The van der Waals surface area contributed by atoms with Crippen LogP contribution < -0.4 is 10.2 Å². The van der Waals surface area contributed by atoms with Gasteiger partial charge in [0, 0.05) is 38.4 Å². The van der Waals surface area contributed by atoms with Crippen molar-refractivity contribution < 1.29 is 18.4 Å². The van der Waals surface area contributed by atoms with Crippen LogP contribution in [-0.4, -0.2) is 53.4 Å². The summed E-state index contributed by atoms with van der Waals surface area (Å²) in [5.41, 5.74) is -0.0716. The highest BCUT2D eigenvalue weighted by molar-refractivity contribution is 6.03. The molecule has 130 valence electrons. The van der Waals surface area contributed by atoms with Crippen LogP contribution in [0, 0.1) is 11.6 Å². The zero-order valence-corrected chi connectivity index (χ0v) is 13.2. The molecule has 1 aromatic carbocycles. The molecule has 1 fully saturated rings. The van der Waals surface area contributed by atoms with Crippen LogP contribution in [0.1, 0.15) is 10.5 Å². The molecule has 0 aliphatic carbocycles. The van der Waals surface area contributed by atoms with Gasteiger partial charge in [0.25, 0.3) is 5.91 Å². The molecule has 25 heavy (non-hydrogen) atoms. The molecular weight excluding hydrogens is 332 g/mol. The predicted octanol–water partition coefficient (Wildman–Crippen LogP) is 1.29. The van der Waals surface area contributed by atoms with Crippen LogP contribution in [0.3, 0.4) is 0 Å². The van der Waals surface area contributed by atoms with Gasteiger partial charge in [-0.2, -0.15) is 0 Å². The Bertz CT molecular complexity index is 794. The zero-order valence-electron chi connectivity index (χ0n) is 13.2. The number of anilines is 2. The second-order valence-electron chi connectivity index (χ2n) is 5.45. The molecule has 0 bridgehead atoms. The summed E-state index contributed by atoms with van der Waals surface area (Å²) >= 11 is 0. The fourth-order valence-electron chi connectivity index (χ4n) is 2.43. The number of amides is 2. The summed E-state index contributed by atoms with van der Waals surface area (Å²) in [6, 6.07) is 4.29. The van der Waals surface area contributed by atoms with E-state index in [2.05, 4.69) is 15.3 Å². The molecule has 1 saturated heterocycles. The Balaban J connectivity index is 1.72. The third kappa shape index (κ3) is 3.87. The lowest BCUT2D eigenvalue weighted by molar-refractivity contribution is -0.118. The first-order valence-corrected chi connectivity index (χ1v) is 7.60. The molecular formula is C16H15F2N5O2. The van der Waals surface area contributed by atoms with Gasteiger partial charge in [-0.25, -0.2) is 18.7 Å². The maximum atomic E-state index is 13.6. The summed E-state index contributed by atoms with van der Waals surface area (Å²) in [7, 11) is 0. The SMILES string of the molecule is O=CN1CCN(c2nccc(C(=O)Nc3ccc(F)cc3F)n2)CC1. The normalized spacial score (nSPS) is 14.3. The molecule has 2 heterocycles. The summed E-state index contributed by atoms with van der Waals surface area (Å²) in [4.78, 5) is 34.8. The maximum absolute atomic E-state index is 13.6. The molecule has 2 amide bonds. The molecule has 1 aliphatic rings. The average Bonchev–Trinajstić information content (AvgIpc) is 2.64. The first-order valence-electron chi connectivity index (χ1n) is 7.60. The second kappa shape index (κ2) is 7.20. The second-order valence-corrected chi connectivity index (χ2v) is 5.45. The maximum Gasteiger partial charge on any atom is 0.274 e. The van der Waals surface area contributed by atoms with Crippen LogP contribution in [0.4, 0.5) is 20.4 Å². The Hall–Kier alpha value is -3.10. The van der Waals surface area contributed by atoms with Gasteiger partial charge in [-0.1, -0.05) is 0 Å². The fraction of sp³-hybridized carbons (Fsp3) is 0.250. The van der Waals surface area contributed by atoms with Crippen molar-refractivity contribution in [3.05, 3.63) is 47.8 Å². The standard InChI is InChI=1S/C16H15F2N5O2/c17-11-1-2-13(12(18)9-11)20-15(25)14-3-4-19-16(21-14)23-7-5-22(10-24)6-8-23/h1-4,9-10H,5-8H2,(H,20,25).